The van der Waals surface area contributed by atoms with E-state index in [1.807, 2.05) is 19.9 Å². The van der Waals surface area contributed by atoms with Crippen molar-refractivity contribution in [3.05, 3.63) is 37.7 Å². The van der Waals surface area contributed by atoms with Gasteiger partial charge in [-0.2, -0.15) is 0 Å². The fourth-order valence-corrected chi connectivity index (χ4v) is 5.12. The van der Waals surface area contributed by atoms with Crippen LogP contribution in [0.2, 0.25) is 0 Å². The zero-order valence-electron chi connectivity index (χ0n) is 10.8. The molecule has 2 heterocycles. The highest BCUT2D eigenvalue weighted by atomic mass is 32.2. The van der Waals surface area contributed by atoms with Gasteiger partial charge in [0.1, 0.15) is 0 Å². The van der Waals surface area contributed by atoms with E-state index in [0.717, 1.165) is 4.88 Å². The molecule has 2 aromatic heterocycles. The average Bonchev–Trinajstić information content (AvgIpc) is 2.95. The van der Waals surface area contributed by atoms with Crippen molar-refractivity contribution in [1.82, 2.24) is 4.72 Å². The number of thiophene rings is 2. The summed E-state index contributed by atoms with van der Waals surface area (Å²) < 4.78 is 27.0. The number of hydrogen-bond acceptors (Lipinski definition) is 5. The van der Waals surface area contributed by atoms with Gasteiger partial charge < -0.3 is 5.73 Å². The van der Waals surface area contributed by atoms with E-state index in [0.29, 0.717) is 16.3 Å². The highest BCUT2D eigenvalue weighted by molar-refractivity contribution is 7.89. The van der Waals surface area contributed by atoms with Crippen LogP contribution in [0.25, 0.3) is 0 Å². The van der Waals surface area contributed by atoms with Crippen molar-refractivity contribution in [3.63, 3.8) is 0 Å². The maximum absolute atomic E-state index is 12.2. The summed E-state index contributed by atoms with van der Waals surface area (Å²) in [7, 11) is -3.47. The number of nitrogens with one attached hydrogen (secondary N) is 1. The summed E-state index contributed by atoms with van der Waals surface area (Å²) in [5, 5.41) is 1.75. The second kappa shape index (κ2) is 5.72. The number of nitrogens with two attached hydrogens (primary N) is 1. The van der Waals surface area contributed by atoms with Gasteiger partial charge in [0, 0.05) is 27.7 Å². The van der Waals surface area contributed by atoms with Crippen LogP contribution in [-0.4, -0.2) is 8.42 Å². The second-order valence-electron chi connectivity index (χ2n) is 4.19. The average molecular weight is 316 g/mol. The largest absolute Gasteiger partial charge is 0.326 e. The van der Waals surface area contributed by atoms with E-state index < -0.39 is 10.0 Å². The van der Waals surface area contributed by atoms with Crippen LogP contribution in [0, 0.1) is 13.8 Å². The SMILES string of the molecule is Cc1cc(CNS(=O)(=O)c2ccsc2CN)sc1C. The van der Waals surface area contributed by atoms with Crippen LogP contribution in [-0.2, 0) is 23.1 Å². The molecule has 0 spiro atoms. The highest BCUT2D eigenvalue weighted by Crippen LogP contribution is 2.23. The van der Waals surface area contributed by atoms with Gasteiger partial charge >= 0.3 is 0 Å². The summed E-state index contributed by atoms with van der Waals surface area (Å²) in [6.45, 7) is 4.62. The molecule has 0 aliphatic carbocycles. The first-order valence-corrected chi connectivity index (χ1v) is 8.94. The maximum atomic E-state index is 12.2. The fraction of sp³-hybridized carbons (Fsp3) is 0.333. The van der Waals surface area contributed by atoms with Crippen LogP contribution in [0.3, 0.4) is 0 Å². The predicted molar refractivity (Wildman–Crippen MR) is 80.0 cm³/mol. The van der Waals surface area contributed by atoms with E-state index in [9.17, 15) is 8.42 Å². The van der Waals surface area contributed by atoms with E-state index in [1.54, 1.807) is 22.8 Å². The lowest BCUT2D eigenvalue weighted by Gasteiger charge is -2.05. The van der Waals surface area contributed by atoms with Gasteiger partial charge in [-0.3, -0.25) is 0 Å². The summed E-state index contributed by atoms with van der Waals surface area (Å²) in [5.41, 5.74) is 6.73. The van der Waals surface area contributed by atoms with Crippen molar-refractivity contribution in [2.45, 2.75) is 31.8 Å². The fourth-order valence-electron chi connectivity index (χ4n) is 1.70. The first-order valence-electron chi connectivity index (χ1n) is 5.76. The molecule has 0 saturated carbocycles. The Morgan fingerprint density at radius 1 is 1.37 bits per heavy atom. The number of rotatable bonds is 5. The van der Waals surface area contributed by atoms with Gasteiger partial charge in [0.2, 0.25) is 10.0 Å². The molecule has 7 heteroatoms. The molecule has 0 aliphatic heterocycles. The maximum Gasteiger partial charge on any atom is 0.242 e. The number of sulfonamides is 1. The molecule has 0 radical (unpaired) electrons. The van der Waals surface area contributed by atoms with Gasteiger partial charge in [-0.05, 0) is 36.9 Å². The first-order chi connectivity index (χ1) is 8.94. The zero-order valence-corrected chi connectivity index (χ0v) is 13.2. The Morgan fingerprint density at radius 3 is 2.68 bits per heavy atom. The second-order valence-corrected chi connectivity index (χ2v) is 8.27. The van der Waals surface area contributed by atoms with Crippen LogP contribution in [0.5, 0.6) is 0 Å². The van der Waals surface area contributed by atoms with Crippen molar-refractivity contribution in [3.8, 4) is 0 Å². The van der Waals surface area contributed by atoms with Crippen molar-refractivity contribution >= 4 is 32.7 Å². The molecule has 0 bridgehead atoms. The lowest BCUT2D eigenvalue weighted by molar-refractivity contribution is 0.581. The van der Waals surface area contributed by atoms with Crippen molar-refractivity contribution in [2.24, 2.45) is 5.73 Å². The Balaban J connectivity index is 2.14. The Hall–Kier alpha value is -0.730. The molecular formula is C12H16N2O2S3. The normalized spacial score (nSPS) is 11.9. The van der Waals surface area contributed by atoms with Gasteiger partial charge in [0.05, 0.1) is 4.90 Å². The van der Waals surface area contributed by atoms with Crippen molar-refractivity contribution in [2.75, 3.05) is 0 Å². The minimum atomic E-state index is -3.47. The number of hydrogen-bond donors (Lipinski definition) is 2. The van der Waals surface area contributed by atoms with Gasteiger partial charge in [-0.1, -0.05) is 0 Å². The molecule has 0 fully saturated rings. The third-order valence-electron chi connectivity index (χ3n) is 2.83. The molecule has 104 valence electrons. The molecule has 0 unspecified atom stereocenters. The summed E-state index contributed by atoms with van der Waals surface area (Å²) in [6, 6.07) is 3.61. The van der Waals surface area contributed by atoms with Gasteiger partial charge in [-0.25, -0.2) is 13.1 Å². The summed E-state index contributed by atoms with van der Waals surface area (Å²) in [5.74, 6) is 0. The minimum absolute atomic E-state index is 0.241. The molecule has 0 amide bonds. The van der Waals surface area contributed by atoms with Gasteiger partial charge in [-0.15, -0.1) is 22.7 Å². The molecule has 19 heavy (non-hydrogen) atoms. The predicted octanol–water partition coefficient (Wildman–Crippen LogP) is 2.36. The van der Waals surface area contributed by atoms with E-state index in [4.69, 9.17) is 5.73 Å². The van der Waals surface area contributed by atoms with E-state index in [1.165, 1.54) is 21.8 Å². The Bertz CT molecular complexity index is 651. The monoisotopic (exact) mass is 316 g/mol. The lowest BCUT2D eigenvalue weighted by atomic mass is 10.3. The summed E-state index contributed by atoms with van der Waals surface area (Å²) in [6.07, 6.45) is 0. The number of aryl methyl sites for hydroxylation is 2. The van der Waals surface area contributed by atoms with Crippen LogP contribution in [0.15, 0.2) is 22.4 Å². The molecule has 4 nitrogen and oxygen atoms in total. The van der Waals surface area contributed by atoms with Crippen molar-refractivity contribution < 1.29 is 8.42 Å². The molecule has 0 aromatic carbocycles. The first kappa shape index (κ1) is 14.7. The lowest BCUT2D eigenvalue weighted by Crippen LogP contribution is -2.23. The van der Waals surface area contributed by atoms with Crippen LogP contribution in [0.4, 0.5) is 0 Å². The molecule has 0 aliphatic rings. The smallest absolute Gasteiger partial charge is 0.242 e. The molecule has 3 N–H and O–H groups in total. The van der Waals surface area contributed by atoms with Crippen LogP contribution >= 0.6 is 22.7 Å². The molecule has 0 saturated heterocycles. The van der Waals surface area contributed by atoms with E-state index in [2.05, 4.69) is 4.72 Å². The zero-order chi connectivity index (χ0) is 14.0. The summed E-state index contributed by atoms with van der Waals surface area (Å²) in [4.78, 5) is 3.21. The third kappa shape index (κ3) is 3.24. The summed E-state index contributed by atoms with van der Waals surface area (Å²) >= 11 is 2.98. The third-order valence-corrected chi connectivity index (χ3v) is 6.54. The molecule has 0 atom stereocenters. The quantitative estimate of drug-likeness (QED) is 0.889. The Labute approximate surface area is 121 Å². The Kier molecular flexibility index (Phi) is 4.42. The van der Waals surface area contributed by atoms with Crippen molar-refractivity contribution in [1.29, 1.82) is 0 Å². The van der Waals surface area contributed by atoms with E-state index >= 15 is 0 Å². The minimum Gasteiger partial charge on any atom is -0.326 e. The molecular weight excluding hydrogens is 300 g/mol. The van der Waals surface area contributed by atoms with Gasteiger partial charge in [0.25, 0.3) is 0 Å². The molecule has 2 aromatic rings. The van der Waals surface area contributed by atoms with Gasteiger partial charge in [0.15, 0.2) is 0 Å². The standard InChI is InChI=1S/C12H16N2O2S3/c1-8-5-10(18-9(8)2)7-14-19(15,16)12-3-4-17-11(12)6-13/h3-5,14H,6-7,13H2,1-2H3. The highest BCUT2D eigenvalue weighted by Gasteiger charge is 2.19. The van der Waals surface area contributed by atoms with E-state index in [-0.39, 0.29) is 6.54 Å². The topological polar surface area (TPSA) is 72.2 Å². The Morgan fingerprint density at radius 2 is 2.11 bits per heavy atom. The van der Waals surface area contributed by atoms with Crippen LogP contribution in [0.1, 0.15) is 20.2 Å². The van der Waals surface area contributed by atoms with Crippen LogP contribution < -0.4 is 10.5 Å². The molecule has 2 rings (SSSR count).